The summed E-state index contributed by atoms with van der Waals surface area (Å²) < 4.78 is 5.32. The molecule has 4 rings (SSSR count). The first-order chi connectivity index (χ1) is 15.1. The van der Waals surface area contributed by atoms with Gasteiger partial charge >= 0.3 is 0 Å². The molecule has 0 aromatic heterocycles. The summed E-state index contributed by atoms with van der Waals surface area (Å²) in [5, 5.41) is 3.82. The van der Waals surface area contributed by atoms with Crippen molar-refractivity contribution in [1.29, 1.82) is 0 Å². The number of hydrogen-bond donors (Lipinski definition) is 1. The lowest BCUT2D eigenvalue weighted by Gasteiger charge is -2.50. The number of ether oxygens (including phenoxy) is 1. The van der Waals surface area contributed by atoms with Gasteiger partial charge in [-0.15, -0.1) is 0 Å². The second-order valence-corrected chi connectivity index (χ2v) is 9.68. The second kappa shape index (κ2) is 10.2. The Morgan fingerprint density at radius 2 is 1.77 bits per heavy atom. The maximum atomic E-state index is 5.32. The number of hydrogen-bond acceptors (Lipinski definition) is 4. The molecule has 3 saturated heterocycles. The van der Waals surface area contributed by atoms with E-state index in [2.05, 4.69) is 56.3 Å². The van der Waals surface area contributed by atoms with Gasteiger partial charge in [-0.05, 0) is 83.0 Å². The molecule has 0 amide bonds. The van der Waals surface area contributed by atoms with E-state index in [9.17, 15) is 0 Å². The zero-order chi connectivity index (χ0) is 21.7. The highest BCUT2D eigenvalue weighted by Crippen LogP contribution is 2.32. The van der Waals surface area contributed by atoms with Gasteiger partial charge in [0.1, 0.15) is 5.75 Å². The number of benzene rings is 1. The molecule has 172 valence electrons. The minimum Gasteiger partial charge on any atom is -0.497 e. The molecule has 6 nitrogen and oxygen atoms in total. The van der Waals surface area contributed by atoms with E-state index in [-0.39, 0.29) is 5.54 Å². The molecular formula is C25H41N5O. The van der Waals surface area contributed by atoms with Crippen LogP contribution in [0.4, 0.5) is 0 Å². The van der Waals surface area contributed by atoms with Crippen molar-refractivity contribution in [2.45, 2.75) is 50.0 Å². The number of aliphatic imine (C=N–C) groups is 1. The maximum absolute atomic E-state index is 5.32. The highest BCUT2D eigenvalue weighted by Gasteiger charge is 2.40. The van der Waals surface area contributed by atoms with Crippen LogP contribution in [0, 0.1) is 0 Å². The van der Waals surface area contributed by atoms with Crippen LogP contribution in [0.25, 0.3) is 0 Å². The Kier molecular flexibility index (Phi) is 7.39. The fourth-order valence-corrected chi connectivity index (χ4v) is 5.68. The van der Waals surface area contributed by atoms with Crippen LogP contribution in [-0.2, 0) is 0 Å². The minimum atomic E-state index is 0.276. The number of methoxy groups -OCH3 is 1. The van der Waals surface area contributed by atoms with Gasteiger partial charge in [-0.2, -0.15) is 0 Å². The van der Waals surface area contributed by atoms with Crippen molar-refractivity contribution in [3.8, 4) is 5.75 Å². The normalized spacial score (nSPS) is 25.6. The number of nitrogens with zero attached hydrogens (tertiary/aromatic N) is 4. The summed E-state index contributed by atoms with van der Waals surface area (Å²) in [5.74, 6) is 2.56. The van der Waals surface area contributed by atoms with Crippen LogP contribution in [0.3, 0.4) is 0 Å². The van der Waals surface area contributed by atoms with E-state index in [1.807, 2.05) is 7.05 Å². The summed E-state index contributed by atoms with van der Waals surface area (Å²) in [6.07, 6.45) is 7.77. The Bertz CT molecular complexity index is 720. The first-order valence-corrected chi connectivity index (χ1v) is 12.2. The molecule has 1 unspecified atom stereocenters. The van der Waals surface area contributed by atoms with Crippen LogP contribution >= 0.6 is 0 Å². The fourth-order valence-electron chi connectivity index (χ4n) is 5.68. The highest BCUT2D eigenvalue weighted by molar-refractivity contribution is 5.80. The molecule has 3 heterocycles. The van der Waals surface area contributed by atoms with Gasteiger partial charge < -0.3 is 19.9 Å². The Hall–Kier alpha value is -1.79. The van der Waals surface area contributed by atoms with Gasteiger partial charge in [-0.3, -0.25) is 9.89 Å². The molecule has 1 N–H and O–H groups in total. The van der Waals surface area contributed by atoms with E-state index in [1.54, 1.807) is 7.11 Å². The van der Waals surface area contributed by atoms with E-state index in [0.29, 0.717) is 5.92 Å². The summed E-state index contributed by atoms with van der Waals surface area (Å²) in [4.78, 5) is 12.4. The van der Waals surface area contributed by atoms with Crippen LogP contribution < -0.4 is 10.1 Å². The van der Waals surface area contributed by atoms with Gasteiger partial charge in [0.15, 0.2) is 5.96 Å². The van der Waals surface area contributed by atoms with Crippen molar-refractivity contribution in [2.24, 2.45) is 4.99 Å². The Morgan fingerprint density at radius 3 is 2.42 bits per heavy atom. The highest BCUT2D eigenvalue weighted by atomic mass is 16.5. The van der Waals surface area contributed by atoms with Crippen molar-refractivity contribution in [1.82, 2.24) is 20.0 Å². The van der Waals surface area contributed by atoms with E-state index >= 15 is 0 Å². The third kappa shape index (κ3) is 5.17. The third-order valence-electron chi connectivity index (χ3n) is 7.81. The van der Waals surface area contributed by atoms with Gasteiger partial charge in [-0.1, -0.05) is 18.6 Å². The predicted molar refractivity (Wildman–Crippen MR) is 128 cm³/mol. The first-order valence-electron chi connectivity index (χ1n) is 12.2. The number of guanidine groups is 1. The Balaban J connectivity index is 1.38. The second-order valence-electron chi connectivity index (χ2n) is 9.68. The molecule has 31 heavy (non-hydrogen) atoms. The van der Waals surface area contributed by atoms with Crippen LogP contribution in [-0.4, -0.2) is 93.2 Å². The lowest BCUT2D eigenvalue weighted by atomic mass is 9.84. The molecule has 0 aliphatic carbocycles. The van der Waals surface area contributed by atoms with Gasteiger partial charge in [0, 0.05) is 38.1 Å². The molecule has 1 atom stereocenters. The summed E-state index contributed by atoms with van der Waals surface area (Å²) in [5.41, 5.74) is 1.68. The van der Waals surface area contributed by atoms with E-state index in [1.165, 1.54) is 70.3 Å². The van der Waals surface area contributed by atoms with E-state index in [4.69, 9.17) is 4.74 Å². The van der Waals surface area contributed by atoms with Crippen LogP contribution in [0.5, 0.6) is 5.75 Å². The fraction of sp³-hybridized carbons (Fsp3) is 0.720. The number of rotatable bonds is 5. The average molecular weight is 428 g/mol. The maximum Gasteiger partial charge on any atom is 0.193 e. The monoisotopic (exact) mass is 427 g/mol. The van der Waals surface area contributed by atoms with Crippen molar-refractivity contribution in [2.75, 3.05) is 67.0 Å². The molecule has 0 radical (unpaired) electrons. The topological polar surface area (TPSA) is 43.3 Å². The van der Waals surface area contributed by atoms with Crippen molar-refractivity contribution in [3.05, 3.63) is 29.8 Å². The van der Waals surface area contributed by atoms with E-state index < -0.39 is 0 Å². The van der Waals surface area contributed by atoms with E-state index in [0.717, 1.165) is 31.3 Å². The molecule has 0 saturated carbocycles. The lowest BCUT2D eigenvalue weighted by molar-refractivity contribution is 0.0170. The zero-order valence-electron chi connectivity index (χ0n) is 19.8. The first kappa shape index (κ1) is 22.4. The number of likely N-dealkylation sites (tertiary alicyclic amines) is 3. The number of piperidine rings is 2. The van der Waals surface area contributed by atoms with Gasteiger partial charge in [0.2, 0.25) is 0 Å². The molecule has 0 spiro atoms. The summed E-state index contributed by atoms with van der Waals surface area (Å²) in [7, 11) is 5.92. The van der Waals surface area contributed by atoms with Crippen LogP contribution in [0.2, 0.25) is 0 Å². The smallest absolute Gasteiger partial charge is 0.193 e. The molecule has 3 aliphatic heterocycles. The predicted octanol–water partition coefficient (Wildman–Crippen LogP) is 3.01. The molecule has 3 aliphatic rings. The Labute approximate surface area is 188 Å². The average Bonchev–Trinajstić information content (AvgIpc) is 3.31. The molecular weight excluding hydrogens is 386 g/mol. The standard InChI is InChI=1S/C25H41N5O/c1-26-24(29-16-11-22(19-29)21-7-9-23(31-3)10-8-21)27-20-25(12-17-28(2)18-13-25)30-14-5-4-6-15-30/h7-10,22H,4-6,11-20H2,1-3H3,(H,26,27). The molecule has 1 aromatic carbocycles. The van der Waals surface area contributed by atoms with Crippen LogP contribution in [0.1, 0.15) is 50.0 Å². The summed E-state index contributed by atoms with van der Waals surface area (Å²) in [6.45, 7) is 8.01. The largest absolute Gasteiger partial charge is 0.497 e. The van der Waals surface area contributed by atoms with Gasteiger partial charge in [0.25, 0.3) is 0 Å². The summed E-state index contributed by atoms with van der Waals surface area (Å²) >= 11 is 0. The molecule has 0 bridgehead atoms. The molecule has 1 aromatic rings. The molecule has 6 heteroatoms. The van der Waals surface area contributed by atoms with Gasteiger partial charge in [0.05, 0.1) is 7.11 Å². The lowest BCUT2D eigenvalue weighted by Crippen LogP contribution is -2.62. The Morgan fingerprint density at radius 1 is 1.06 bits per heavy atom. The summed E-state index contributed by atoms with van der Waals surface area (Å²) in [6, 6.07) is 8.58. The van der Waals surface area contributed by atoms with Crippen molar-refractivity contribution >= 4 is 5.96 Å². The molecule has 3 fully saturated rings. The van der Waals surface area contributed by atoms with Crippen molar-refractivity contribution < 1.29 is 4.74 Å². The number of nitrogens with one attached hydrogen (secondary N) is 1. The van der Waals surface area contributed by atoms with Crippen molar-refractivity contribution in [3.63, 3.8) is 0 Å². The SMILES string of the molecule is CN=C(NCC1(N2CCCCC2)CCN(C)CC1)N1CCC(c2ccc(OC)cc2)C1. The quantitative estimate of drug-likeness (QED) is 0.578. The van der Waals surface area contributed by atoms with Gasteiger partial charge in [-0.25, -0.2) is 0 Å². The van der Waals surface area contributed by atoms with Crippen LogP contribution in [0.15, 0.2) is 29.3 Å². The zero-order valence-corrected chi connectivity index (χ0v) is 19.8. The third-order valence-corrected chi connectivity index (χ3v) is 7.81. The minimum absolute atomic E-state index is 0.276.